The van der Waals surface area contributed by atoms with Crippen LogP contribution < -0.4 is 16.4 Å². The van der Waals surface area contributed by atoms with Gasteiger partial charge >= 0.3 is 5.97 Å². The van der Waals surface area contributed by atoms with E-state index in [1.54, 1.807) is 25.7 Å². The van der Waals surface area contributed by atoms with Crippen LogP contribution in [0.4, 0.5) is 4.39 Å². The van der Waals surface area contributed by atoms with Gasteiger partial charge in [-0.05, 0) is 95.3 Å². The largest absolute Gasteiger partial charge is 0.458 e. The van der Waals surface area contributed by atoms with Crippen molar-refractivity contribution < 1.29 is 28.3 Å². The molecular weight excluding hydrogens is 577 g/mol. The number of halogens is 1. The third-order valence-electron chi connectivity index (χ3n) is 7.93. The number of esters is 1. The number of aromatic amines is 1. The first kappa shape index (κ1) is 33.6. The SMILES string of the molecule is CC(C)(C)OC(=O)C(CCCCN)NC(=O)C(Cc1c[nH]c2ccccc12)NC(=O)C1CCN(C(=O)c2ccc(F)cc2)CC1. The van der Waals surface area contributed by atoms with E-state index < -0.39 is 41.3 Å². The smallest absolute Gasteiger partial charge is 0.329 e. The minimum atomic E-state index is -0.963. The van der Waals surface area contributed by atoms with E-state index in [9.17, 15) is 23.6 Å². The number of unbranched alkanes of at least 4 members (excludes halogenated alkanes) is 1. The van der Waals surface area contributed by atoms with Gasteiger partial charge in [-0.15, -0.1) is 0 Å². The number of likely N-dealkylation sites (tertiary alicyclic amines) is 1. The molecule has 1 aliphatic heterocycles. The lowest BCUT2D eigenvalue weighted by molar-refractivity contribution is -0.159. The summed E-state index contributed by atoms with van der Waals surface area (Å²) in [4.78, 5) is 58.2. The van der Waals surface area contributed by atoms with Crippen molar-refractivity contribution in [2.24, 2.45) is 11.7 Å². The maximum atomic E-state index is 13.8. The zero-order chi connectivity index (χ0) is 32.6. The van der Waals surface area contributed by atoms with E-state index in [0.29, 0.717) is 57.3 Å². The summed E-state index contributed by atoms with van der Waals surface area (Å²) in [5, 5.41) is 6.74. The number of para-hydroxylation sites is 1. The molecule has 1 fully saturated rings. The highest BCUT2D eigenvalue weighted by molar-refractivity contribution is 5.95. The molecule has 5 N–H and O–H groups in total. The maximum absolute atomic E-state index is 13.8. The summed E-state index contributed by atoms with van der Waals surface area (Å²) in [7, 11) is 0. The second-order valence-electron chi connectivity index (χ2n) is 12.6. The van der Waals surface area contributed by atoms with Gasteiger partial charge in [0.2, 0.25) is 11.8 Å². The van der Waals surface area contributed by atoms with Gasteiger partial charge < -0.3 is 31.0 Å². The molecule has 4 rings (SSSR count). The van der Waals surface area contributed by atoms with Crippen molar-refractivity contribution in [2.45, 2.75) is 77.0 Å². The zero-order valence-electron chi connectivity index (χ0n) is 26.2. The van der Waals surface area contributed by atoms with Crippen LogP contribution in [0.1, 0.15) is 68.8 Å². The molecule has 3 amide bonds. The monoisotopic (exact) mass is 621 g/mol. The first-order valence-electron chi connectivity index (χ1n) is 15.6. The van der Waals surface area contributed by atoms with Gasteiger partial charge in [0.15, 0.2) is 0 Å². The quantitative estimate of drug-likeness (QED) is 0.179. The van der Waals surface area contributed by atoms with Gasteiger partial charge in [0.1, 0.15) is 23.5 Å². The number of aromatic nitrogens is 1. The molecule has 0 spiro atoms. The molecule has 1 aromatic heterocycles. The lowest BCUT2D eigenvalue weighted by atomic mass is 9.94. The highest BCUT2D eigenvalue weighted by Gasteiger charge is 2.33. The minimum absolute atomic E-state index is 0.202. The van der Waals surface area contributed by atoms with Crippen LogP contribution in [0.25, 0.3) is 10.9 Å². The van der Waals surface area contributed by atoms with E-state index in [1.165, 1.54) is 24.3 Å². The molecule has 0 bridgehead atoms. The molecule has 11 heteroatoms. The van der Waals surface area contributed by atoms with Crippen molar-refractivity contribution >= 4 is 34.6 Å². The third-order valence-corrected chi connectivity index (χ3v) is 7.93. The normalized spacial score (nSPS) is 15.4. The molecule has 242 valence electrons. The Labute approximate surface area is 263 Å². The summed E-state index contributed by atoms with van der Waals surface area (Å²) >= 11 is 0. The Morgan fingerprint density at radius 1 is 1.00 bits per heavy atom. The molecule has 0 aliphatic carbocycles. The van der Waals surface area contributed by atoms with Crippen molar-refractivity contribution in [2.75, 3.05) is 19.6 Å². The Morgan fingerprint density at radius 3 is 2.36 bits per heavy atom. The number of nitrogens with one attached hydrogen (secondary N) is 3. The zero-order valence-corrected chi connectivity index (χ0v) is 26.2. The molecule has 3 aromatic rings. The number of fused-ring (bicyclic) bond motifs is 1. The average Bonchev–Trinajstić information content (AvgIpc) is 3.42. The van der Waals surface area contributed by atoms with Gasteiger partial charge in [-0.2, -0.15) is 0 Å². The summed E-state index contributed by atoms with van der Waals surface area (Å²) < 4.78 is 18.9. The van der Waals surface area contributed by atoms with Crippen LogP contribution in [0.2, 0.25) is 0 Å². The molecule has 2 aromatic carbocycles. The Balaban J connectivity index is 1.47. The fourth-order valence-corrected chi connectivity index (χ4v) is 5.53. The van der Waals surface area contributed by atoms with Gasteiger partial charge in [-0.3, -0.25) is 14.4 Å². The maximum Gasteiger partial charge on any atom is 0.329 e. The molecule has 1 aliphatic rings. The van der Waals surface area contributed by atoms with Gasteiger partial charge in [-0.1, -0.05) is 18.2 Å². The van der Waals surface area contributed by atoms with Crippen molar-refractivity contribution in [3.05, 3.63) is 71.7 Å². The van der Waals surface area contributed by atoms with Crippen molar-refractivity contribution in [1.29, 1.82) is 0 Å². The lowest BCUT2D eigenvalue weighted by Gasteiger charge is -2.32. The average molecular weight is 622 g/mol. The molecule has 1 saturated heterocycles. The summed E-state index contributed by atoms with van der Waals surface area (Å²) in [5.74, 6) is -2.36. The standard InChI is InChI=1S/C34H44FN5O5/c1-34(2,3)45-33(44)28(10-6-7-17-36)38-31(42)29(20-24-21-37-27-9-5-4-8-26(24)27)39-30(41)22-15-18-40(19-16-22)32(43)23-11-13-25(35)14-12-23/h4-5,8-9,11-14,21-22,28-29,37H,6-7,10,15-20,36H2,1-3H3,(H,38,42)(H,39,41). The molecule has 2 unspecified atom stereocenters. The summed E-state index contributed by atoms with van der Waals surface area (Å²) in [6.07, 6.45) is 4.52. The highest BCUT2D eigenvalue weighted by Crippen LogP contribution is 2.22. The summed E-state index contributed by atoms with van der Waals surface area (Å²) in [6.45, 7) is 6.47. The number of carbonyl (C=O) groups excluding carboxylic acids is 4. The second-order valence-corrected chi connectivity index (χ2v) is 12.6. The first-order valence-corrected chi connectivity index (χ1v) is 15.6. The number of carbonyl (C=O) groups is 4. The number of nitrogens with zero attached hydrogens (tertiary/aromatic N) is 1. The number of nitrogens with two attached hydrogens (primary N) is 1. The number of amides is 3. The van der Waals surface area contributed by atoms with Gasteiger partial charge in [0.05, 0.1) is 0 Å². The van der Waals surface area contributed by atoms with Crippen LogP contribution in [0.3, 0.4) is 0 Å². The van der Waals surface area contributed by atoms with Crippen LogP contribution in [-0.2, 0) is 25.5 Å². The molecule has 45 heavy (non-hydrogen) atoms. The predicted octanol–water partition coefficient (Wildman–Crippen LogP) is 3.84. The van der Waals surface area contributed by atoms with E-state index in [-0.39, 0.29) is 18.2 Å². The Hall–Kier alpha value is -4.25. The van der Waals surface area contributed by atoms with E-state index in [1.807, 2.05) is 30.5 Å². The molecule has 2 atom stereocenters. The number of benzene rings is 2. The fourth-order valence-electron chi connectivity index (χ4n) is 5.53. The highest BCUT2D eigenvalue weighted by atomic mass is 19.1. The van der Waals surface area contributed by atoms with E-state index in [0.717, 1.165) is 16.5 Å². The van der Waals surface area contributed by atoms with Gasteiger partial charge in [0, 0.05) is 48.1 Å². The van der Waals surface area contributed by atoms with Crippen molar-refractivity contribution in [3.63, 3.8) is 0 Å². The Morgan fingerprint density at radius 2 is 1.69 bits per heavy atom. The van der Waals surface area contributed by atoms with E-state index in [4.69, 9.17) is 10.5 Å². The number of hydrogen-bond donors (Lipinski definition) is 4. The van der Waals surface area contributed by atoms with Crippen LogP contribution in [-0.4, -0.2) is 70.9 Å². The van der Waals surface area contributed by atoms with Crippen LogP contribution >= 0.6 is 0 Å². The number of hydrogen-bond acceptors (Lipinski definition) is 6. The Kier molecular flexibility index (Phi) is 11.3. The molecule has 10 nitrogen and oxygen atoms in total. The number of ether oxygens (including phenoxy) is 1. The van der Waals surface area contributed by atoms with Crippen LogP contribution in [0.5, 0.6) is 0 Å². The summed E-state index contributed by atoms with van der Waals surface area (Å²) in [6, 6.07) is 11.2. The third kappa shape index (κ3) is 9.37. The number of piperidine rings is 1. The first-order chi connectivity index (χ1) is 21.4. The molecule has 2 heterocycles. The van der Waals surface area contributed by atoms with E-state index >= 15 is 0 Å². The molecule has 0 saturated carbocycles. The number of rotatable bonds is 12. The topological polar surface area (TPSA) is 147 Å². The number of H-pyrrole nitrogens is 1. The van der Waals surface area contributed by atoms with Crippen molar-refractivity contribution in [1.82, 2.24) is 20.5 Å². The fraction of sp³-hybridized carbons (Fsp3) is 0.471. The van der Waals surface area contributed by atoms with Gasteiger partial charge in [-0.25, -0.2) is 9.18 Å². The summed E-state index contributed by atoms with van der Waals surface area (Å²) in [5.41, 5.74) is 7.07. The molecule has 0 radical (unpaired) electrons. The predicted molar refractivity (Wildman–Crippen MR) is 170 cm³/mol. The Bertz CT molecular complexity index is 1470. The van der Waals surface area contributed by atoms with Crippen molar-refractivity contribution in [3.8, 4) is 0 Å². The lowest BCUT2D eigenvalue weighted by Crippen LogP contribution is -2.54. The van der Waals surface area contributed by atoms with E-state index in [2.05, 4.69) is 15.6 Å². The van der Waals surface area contributed by atoms with Crippen LogP contribution in [0.15, 0.2) is 54.7 Å². The molecular formula is C34H44FN5O5. The minimum Gasteiger partial charge on any atom is -0.458 e. The van der Waals surface area contributed by atoms with Gasteiger partial charge in [0.25, 0.3) is 5.91 Å². The van der Waals surface area contributed by atoms with Crippen LogP contribution in [0, 0.1) is 11.7 Å². The second kappa shape index (κ2) is 15.2.